The summed E-state index contributed by atoms with van der Waals surface area (Å²) in [6.45, 7) is 2.37. The number of ketones is 1. The molecule has 0 N–H and O–H groups in total. The van der Waals surface area contributed by atoms with Gasteiger partial charge in [-0.05, 0) is 19.1 Å². The Bertz CT molecular complexity index is 1000. The molecule has 1 aliphatic heterocycles. The van der Waals surface area contributed by atoms with E-state index in [0.717, 1.165) is 6.07 Å². The van der Waals surface area contributed by atoms with E-state index in [0.29, 0.717) is 5.56 Å². The zero-order valence-electron chi connectivity index (χ0n) is 15.7. The first kappa shape index (κ1) is 20.9. The molecule has 0 saturated carbocycles. The SMILES string of the molecule is CC(Oc1ccc(S(=O)(=O)N2CCOCC2)cc1[N+](=O)[O-])C(=O)c1ccccc1. The second-order valence-corrected chi connectivity index (χ2v) is 8.33. The van der Waals surface area contributed by atoms with Gasteiger partial charge in [-0.15, -0.1) is 0 Å². The molecule has 0 aromatic heterocycles. The van der Waals surface area contributed by atoms with E-state index in [1.165, 1.54) is 23.4 Å². The molecule has 10 heteroatoms. The first-order chi connectivity index (χ1) is 13.8. The Kier molecular flexibility index (Phi) is 6.26. The number of nitro groups is 1. The third-order valence-electron chi connectivity index (χ3n) is 4.47. The van der Waals surface area contributed by atoms with Gasteiger partial charge in [-0.25, -0.2) is 8.42 Å². The Labute approximate surface area is 168 Å². The molecule has 154 valence electrons. The Morgan fingerprint density at radius 1 is 1.17 bits per heavy atom. The number of morpholine rings is 1. The number of benzene rings is 2. The first-order valence-electron chi connectivity index (χ1n) is 8.93. The number of carbonyl (C=O) groups is 1. The van der Waals surface area contributed by atoms with E-state index in [1.54, 1.807) is 30.3 Å². The quantitative estimate of drug-likeness (QED) is 0.383. The molecular weight excluding hydrogens is 400 g/mol. The molecule has 1 heterocycles. The molecule has 1 aliphatic rings. The largest absolute Gasteiger partial charge is 0.475 e. The van der Waals surface area contributed by atoms with E-state index >= 15 is 0 Å². The number of rotatable bonds is 7. The van der Waals surface area contributed by atoms with E-state index in [-0.39, 0.29) is 42.7 Å². The van der Waals surface area contributed by atoms with Crippen molar-refractivity contribution in [3.8, 4) is 5.75 Å². The summed E-state index contributed by atoms with van der Waals surface area (Å²) in [5.41, 5.74) is -0.110. The van der Waals surface area contributed by atoms with E-state index in [4.69, 9.17) is 9.47 Å². The van der Waals surface area contributed by atoms with Crippen LogP contribution in [0.1, 0.15) is 17.3 Å². The molecule has 1 unspecified atom stereocenters. The van der Waals surface area contributed by atoms with E-state index in [2.05, 4.69) is 0 Å². The molecule has 0 bridgehead atoms. The van der Waals surface area contributed by atoms with Crippen molar-refractivity contribution in [2.24, 2.45) is 0 Å². The van der Waals surface area contributed by atoms with Crippen LogP contribution in [-0.2, 0) is 14.8 Å². The van der Waals surface area contributed by atoms with Gasteiger partial charge in [-0.1, -0.05) is 30.3 Å². The Morgan fingerprint density at radius 2 is 1.83 bits per heavy atom. The zero-order chi connectivity index (χ0) is 21.0. The Hall–Kier alpha value is -2.82. The zero-order valence-corrected chi connectivity index (χ0v) is 16.5. The van der Waals surface area contributed by atoms with Gasteiger partial charge in [0.2, 0.25) is 15.8 Å². The lowest BCUT2D eigenvalue weighted by molar-refractivity contribution is -0.386. The minimum absolute atomic E-state index is 0.173. The van der Waals surface area contributed by atoms with Crippen LogP contribution in [0.2, 0.25) is 0 Å². The highest BCUT2D eigenvalue weighted by Gasteiger charge is 2.30. The number of sulfonamides is 1. The second kappa shape index (κ2) is 8.68. The van der Waals surface area contributed by atoms with Crippen molar-refractivity contribution < 1.29 is 27.6 Å². The number of Topliss-reactive ketones (excluding diaryl/α,β-unsaturated/α-hetero) is 1. The molecule has 0 aliphatic carbocycles. The minimum Gasteiger partial charge on any atom is -0.475 e. The van der Waals surface area contributed by atoms with Gasteiger partial charge in [-0.3, -0.25) is 14.9 Å². The molecule has 1 atom stereocenters. The normalized spacial score (nSPS) is 16.2. The number of hydrogen-bond donors (Lipinski definition) is 0. The number of nitro benzene ring substituents is 1. The van der Waals surface area contributed by atoms with Crippen molar-refractivity contribution in [1.82, 2.24) is 4.31 Å². The summed E-state index contributed by atoms with van der Waals surface area (Å²) in [7, 11) is -3.90. The van der Waals surface area contributed by atoms with Crippen molar-refractivity contribution in [3.05, 3.63) is 64.2 Å². The van der Waals surface area contributed by atoms with E-state index in [9.17, 15) is 23.3 Å². The van der Waals surface area contributed by atoms with Gasteiger partial charge in [-0.2, -0.15) is 4.31 Å². The molecular formula is C19H20N2O7S. The van der Waals surface area contributed by atoms with Crippen LogP contribution in [-0.4, -0.2) is 55.8 Å². The van der Waals surface area contributed by atoms with Gasteiger partial charge >= 0.3 is 5.69 Å². The summed E-state index contributed by atoms with van der Waals surface area (Å²) in [4.78, 5) is 23.0. The van der Waals surface area contributed by atoms with Crippen LogP contribution in [0.4, 0.5) is 5.69 Å². The van der Waals surface area contributed by atoms with Crippen molar-refractivity contribution in [2.45, 2.75) is 17.9 Å². The highest BCUT2D eigenvalue weighted by molar-refractivity contribution is 7.89. The standard InChI is InChI=1S/C19H20N2O7S/c1-14(19(22)15-5-3-2-4-6-15)28-18-8-7-16(13-17(18)21(23)24)29(25,26)20-9-11-27-12-10-20/h2-8,13-14H,9-12H2,1H3. The molecule has 0 amide bonds. The molecule has 29 heavy (non-hydrogen) atoms. The molecule has 1 saturated heterocycles. The fourth-order valence-electron chi connectivity index (χ4n) is 2.92. The van der Waals surface area contributed by atoms with Crippen molar-refractivity contribution >= 4 is 21.5 Å². The number of carbonyl (C=O) groups excluding carboxylic acids is 1. The lowest BCUT2D eigenvalue weighted by Gasteiger charge is -2.26. The van der Waals surface area contributed by atoms with Crippen LogP contribution in [0, 0.1) is 10.1 Å². The maximum absolute atomic E-state index is 12.7. The van der Waals surface area contributed by atoms with Crippen molar-refractivity contribution in [1.29, 1.82) is 0 Å². The molecule has 0 spiro atoms. The Balaban J connectivity index is 1.86. The average Bonchev–Trinajstić information content (AvgIpc) is 2.74. The van der Waals surface area contributed by atoms with E-state index in [1.807, 2.05) is 0 Å². The first-order valence-corrected chi connectivity index (χ1v) is 10.4. The summed E-state index contributed by atoms with van der Waals surface area (Å²) in [5, 5.41) is 11.5. The van der Waals surface area contributed by atoms with Crippen LogP contribution in [0.15, 0.2) is 53.4 Å². The maximum Gasteiger partial charge on any atom is 0.312 e. The summed E-state index contributed by atoms with van der Waals surface area (Å²) < 4.78 is 37.4. The highest BCUT2D eigenvalue weighted by atomic mass is 32.2. The van der Waals surface area contributed by atoms with Gasteiger partial charge in [0.15, 0.2) is 11.9 Å². The second-order valence-electron chi connectivity index (χ2n) is 6.39. The van der Waals surface area contributed by atoms with Crippen molar-refractivity contribution in [2.75, 3.05) is 26.3 Å². The molecule has 9 nitrogen and oxygen atoms in total. The minimum atomic E-state index is -3.90. The van der Waals surface area contributed by atoms with Crippen molar-refractivity contribution in [3.63, 3.8) is 0 Å². The smallest absolute Gasteiger partial charge is 0.312 e. The number of hydrogen-bond acceptors (Lipinski definition) is 7. The van der Waals surface area contributed by atoms with Crippen LogP contribution in [0.5, 0.6) is 5.75 Å². The van der Waals surface area contributed by atoms with Crippen LogP contribution < -0.4 is 4.74 Å². The van der Waals surface area contributed by atoms with Crippen LogP contribution in [0.3, 0.4) is 0 Å². The van der Waals surface area contributed by atoms with Gasteiger partial charge in [0, 0.05) is 24.7 Å². The number of nitrogens with zero attached hydrogens (tertiary/aromatic N) is 2. The topological polar surface area (TPSA) is 116 Å². The molecule has 2 aromatic rings. The highest BCUT2D eigenvalue weighted by Crippen LogP contribution is 2.32. The number of ether oxygens (including phenoxy) is 2. The molecule has 2 aromatic carbocycles. The summed E-state index contributed by atoms with van der Waals surface area (Å²) >= 11 is 0. The van der Waals surface area contributed by atoms with Crippen LogP contribution >= 0.6 is 0 Å². The molecule has 1 fully saturated rings. The van der Waals surface area contributed by atoms with E-state index < -0.39 is 26.7 Å². The Morgan fingerprint density at radius 3 is 2.45 bits per heavy atom. The maximum atomic E-state index is 12.7. The molecule has 0 radical (unpaired) electrons. The fraction of sp³-hybridized carbons (Fsp3) is 0.316. The molecule has 3 rings (SSSR count). The summed E-state index contributed by atoms with van der Waals surface area (Å²) in [6.07, 6.45) is -0.988. The van der Waals surface area contributed by atoms with Gasteiger partial charge in [0.05, 0.1) is 23.0 Å². The van der Waals surface area contributed by atoms with Crippen LogP contribution in [0.25, 0.3) is 0 Å². The third kappa shape index (κ3) is 4.61. The summed E-state index contributed by atoms with van der Waals surface area (Å²) in [6, 6.07) is 11.8. The summed E-state index contributed by atoms with van der Waals surface area (Å²) in [5.74, 6) is -0.516. The predicted molar refractivity (Wildman–Crippen MR) is 104 cm³/mol. The average molecular weight is 420 g/mol. The monoisotopic (exact) mass is 420 g/mol. The third-order valence-corrected chi connectivity index (χ3v) is 6.36. The lowest BCUT2D eigenvalue weighted by Crippen LogP contribution is -2.40. The predicted octanol–water partition coefficient (Wildman–Crippen LogP) is 2.27. The van der Waals surface area contributed by atoms with Gasteiger partial charge in [0.1, 0.15) is 0 Å². The van der Waals surface area contributed by atoms with Gasteiger partial charge in [0.25, 0.3) is 0 Å². The van der Waals surface area contributed by atoms with Gasteiger partial charge < -0.3 is 9.47 Å². The fourth-order valence-corrected chi connectivity index (χ4v) is 4.35. The lowest BCUT2D eigenvalue weighted by atomic mass is 10.1.